The number of likely N-dealkylation sites (tertiary alicyclic amines) is 2. The molecule has 3 amide bonds. The smallest absolute Gasteiger partial charge is 0.263 e. The number of aromatic nitrogens is 1. The first-order valence-corrected chi connectivity index (χ1v) is 11.7. The molecule has 0 unspecified atom stereocenters. The molecule has 8 heteroatoms. The Bertz CT molecular complexity index is 930. The molecule has 4 rings (SSSR count). The zero-order chi connectivity index (χ0) is 21.8. The zero-order valence-corrected chi connectivity index (χ0v) is 18.6. The molecule has 164 valence electrons. The maximum absolute atomic E-state index is 13.0. The average Bonchev–Trinajstić information content (AvgIpc) is 3.33. The molecule has 7 nitrogen and oxygen atoms in total. The highest BCUT2D eigenvalue weighted by molar-refractivity contribution is 7.12. The van der Waals surface area contributed by atoms with Gasteiger partial charge < -0.3 is 15.1 Å². The SMILES string of the molecule is Cc1ccnc(NC(=O)C2CCN(C(=O)C3CCN(C(=O)c4cccs4)CC3)CC2)c1. The molecular formula is C23H28N4O3S. The summed E-state index contributed by atoms with van der Waals surface area (Å²) in [5.41, 5.74) is 1.05. The zero-order valence-electron chi connectivity index (χ0n) is 17.8. The first kappa shape index (κ1) is 21.5. The Balaban J connectivity index is 1.23. The van der Waals surface area contributed by atoms with Crippen LogP contribution < -0.4 is 5.32 Å². The van der Waals surface area contributed by atoms with Gasteiger partial charge in [-0.25, -0.2) is 4.98 Å². The van der Waals surface area contributed by atoms with Crippen molar-refractivity contribution in [2.24, 2.45) is 11.8 Å². The molecule has 0 atom stereocenters. The number of rotatable bonds is 4. The molecule has 2 aromatic heterocycles. The fourth-order valence-corrected chi connectivity index (χ4v) is 5.03. The van der Waals surface area contributed by atoms with Gasteiger partial charge in [-0.15, -0.1) is 11.3 Å². The monoisotopic (exact) mass is 440 g/mol. The number of carbonyl (C=O) groups excluding carboxylic acids is 3. The second-order valence-electron chi connectivity index (χ2n) is 8.35. The Kier molecular flexibility index (Phi) is 6.65. The topological polar surface area (TPSA) is 82.6 Å². The van der Waals surface area contributed by atoms with Crippen molar-refractivity contribution in [1.82, 2.24) is 14.8 Å². The highest BCUT2D eigenvalue weighted by Crippen LogP contribution is 2.26. The van der Waals surface area contributed by atoms with Crippen molar-refractivity contribution < 1.29 is 14.4 Å². The Morgan fingerprint density at radius 3 is 2.32 bits per heavy atom. The van der Waals surface area contributed by atoms with Crippen LogP contribution in [0, 0.1) is 18.8 Å². The van der Waals surface area contributed by atoms with Crippen LogP contribution in [-0.2, 0) is 9.59 Å². The molecule has 0 saturated carbocycles. The van der Waals surface area contributed by atoms with E-state index in [9.17, 15) is 14.4 Å². The summed E-state index contributed by atoms with van der Waals surface area (Å²) in [4.78, 5) is 46.7. The standard InChI is InChI=1S/C23H28N4O3S/c1-16-4-9-24-20(15-16)25-21(28)17-5-10-26(11-6-17)22(29)18-7-12-27(13-8-18)23(30)19-3-2-14-31-19/h2-4,9,14-15,17-18H,5-8,10-13H2,1H3,(H,24,25,28). The molecule has 4 heterocycles. The summed E-state index contributed by atoms with van der Waals surface area (Å²) in [6.07, 6.45) is 4.43. The summed E-state index contributed by atoms with van der Waals surface area (Å²) in [7, 11) is 0. The van der Waals surface area contributed by atoms with Gasteiger partial charge in [0.15, 0.2) is 0 Å². The molecule has 2 fully saturated rings. The van der Waals surface area contributed by atoms with Crippen molar-refractivity contribution in [2.75, 3.05) is 31.5 Å². The van der Waals surface area contributed by atoms with Crippen molar-refractivity contribution in [3.05, 3.63) is 46.3 Å². The van der Waals surface area contributed by atoms with Gasteiger partial charge in [-0.3, -0.25) is 14.4 Å². The molecule has 2 aliphatic rings. The molecule has 2 saturated heterocycles. The number of pyridine rings is 1. The van der Waals surface area contributed by atoms with Crippen LogP contribution in [0.25, 0.3) is 0 Å². The van der Waals surface area contributed by atoms with Crippen LogP contribution in [0.4, 0.5) is 5.82 Å². The minimum absolute atomic E-state index is 0.0226. The van der Waals surface area contributed by atoms with Crippen LogP contribution >= 0.6 is 11.3 Å². The molecule has 0 radical (unpaired) electrons. The summed E-state index contributed by atoms with van der Waals surface area (Å²) in [6.45, 7) is 4.41. The maximum atomic E-state index is 13.0. The summed E-state index contributed by atoms with van der Waals surface area (Å²) in [5, 5.41) is 4.80. The predicted octanol–water partition coefficient (Wildman–Crippen LogP) is 3.18. The van der Waals surface area contributed by atoms with E-state index in [0.29, 0.717) is 57.7 Å². The second-order valence-corrected chi connectivity index (χ2v) is 9.30. The van der Waals surface area contributed by atoms with Crippen LogP contribution in [0.15, 0.2) is 35.8 Å². The lowest BCUT2D eigenvalue weighted by Crippen LogP contribution is -2.47. The van der Waals surface area contributed by atoms with E-state index < -0.39 is 0 Å². The van der Waals surface area contributed by atoms with Crippen molar-refractivity contribution in [3.63, 3.8) is 0 Å². The Morgan fingerprint density at radius 2 is 1.68 bits per heavy atom. The average molecular weight is 441 g/mol. The summed E-state index contributed by atoms with van der Waals surface area (Å²) in [5.74, 6) is 0.655. The van der Waals surface area contributed by atoms with Gasteiger partial charge in [0.25, 0.3) is 5.91 Å². The lowest BCUT2D eigenvalue weighted by Gasteiger charge is -2.37. The lowest BCUT2D eigenvalue weighted by atomic mass is 9.91. The van der Waals surface area contributed by atoms with Gasteiger partial charge >= 0.3 is 0 Å². The molecule has 0 bridgehead atoms. The summed E-state index contributed by atoms with van der Waals surface area (Å²) >= 11 is 1.46. The van der Waals surface area contributed by atoms with E-state index in [1.807, 2.05) is 46.4 Å². The Hall–Kier alpha value is -2.74. The van der Waals surface area contributed by atoms with Crippen LogP contribution in [0.2, 0.25) is 0 Å². The number of thiophene rings is 1. The molecule has 0 aromatic carbocycles. The van der Waals surface area contributed by atoms with Gasteiger partial charge in [0.05, 0.1) is 4.88 Å². The van der Waals surface area contributed by atoms with Crippen LogP contribution in [0.5, 0.6) is 0 Å². The van der Waals surface area contributed by atoms with Gasteiger partial charge in [-0.2, -0.15) is 0 Å². The number of nitrogens with one attached hydrogen (secondary N) is 1. The number of hydrogen-bond donors (Lipinski definition) is 1. The maximum Gasteiger partial charge on any atom is 0.263 e. The van der Waals surface area contributed by atoms with E-state index in [-0.39, 0.29) is 29.6 Å². The number of aryl methyl sites for hydroxylation is 1. The fourth-order valence-electron chi connectivity index (χ4n) is 4.34. The minimum atomic E-state index is -0.100. The van der Waals surface area contributed by atoms with Gasteiger partial charge in [0, 0.05) is 44.2 Å². The van der Waals surface area contributed by atoms with E-state index in [4.69, 9.17) is 0 Å². The number of nitrogens with zero attached hydrogens (tertiary/aromatic N) is 3. The van der Waals surface area contributed by atoms with Crippen molar-refractivity contribution in [3.8, 4) is 0 Å². The van der Waals surface area contributed by atoms with Gasteiger partial charge in [-0.05, 0) is 61.7 Å². The Morgan fingerprint density at radius 1 is 1.00 bits per heavy atom. The molecule has 31 heavy (non-hydrogen) atoms. The third-order valence-corrected chi connectivity index (χ3v) is 7.07. The first-order chi connectivity index (χ1) is 15.0. The number of hydrogen-bond acceptors (Lipinski definition) is 5. The van der Waals surface area contributed by atoms with Crippen molar-refractivity contribution >= 4 is 34.9 Å². The summed E-state index contributed by atoms with van der Waals surface area (Å²) in [6, 6.07) is 7.48. The van der Waals surface area contributed by atoms with Crippen molar-refractivity contribution in [1.29, 1.82) is 0 Å². The van der Waals surface area contributed by atoms with E-state index in [1.165, 1.54) is 11.3 Å². The predicted molar refractivity (Wildman–Crippen MR) is 120 cm³/mol. The largest absolute Gasteiger partial charge is 0.342 e. The van der Waals surface area contributed by atoms with Crippen LogP contribution in [-0.4, -0.2) is 58.7 Å². The molecule has 1 N–H and O–H groups in total. The highest BCUT2D eigenvalue weighted by Gasteiger charge is 2.33. The van der Waals surface area contributed by atoms with Crippen molar-refractivity contribution in [2.45, 2.75) is 32.6 Å². The van der Waals surface area contributed by atoms with Gasteiger partial charge in [0.2, 0.25) is 11.8 Å². The third kappa shape index (κ3) is 5.12. The highest BCUT2D eigenvalue weighted by atomic mass is 32.1. The minimum Gasteiger partial charge on any atom is -0.342 e. The molecule has 2 aromatic rings. The van der Waals surface area contributed by atoms with E-state index in [1.54, 1.807) is 6.20 Å². The molecule has 2 aliphatic heterocycles. The number of anilines is 1. The number of piperidine rings is 2. The van der Waals surface area contributed by atoms with Crippen LogP contribution in [0.3, 0.4) is 0 Å². The molecule has 0 aliphatic carbocycles. The summed E-state index contributed by atoms with van der Waals surface area (Å²) < 4.78 is 0. The van der Waals surface area contributed by atoms with Gasteiger partial charge in [0.1, 0.15) is 5.82 Å². The fraction of sp³-hybridized carbons (Fsp3) is 0.478. The van der Waals surface area contributed by atoms with Gasteiger partial charge in [-0.1, -0.05) is 6.07 Å². The lowest BCUT2D eigenvalue weighted by molar-refractivity contribution is -0.139. The normalized spacial score (nSPS) is 18.1. The number of amides is 3. The molecule has 0 spiro atoms. The first-order valence-electron chi connectivity index (χ1n) is 10.9. The number of carbonyl (C=O) groups is 3. The van der Waals surface area contributed by atoms with E-state index in [2.05, 4.69) is 10.3 Å². The third-order valence-electron chi connectivity index (χ3n) is 6.21. The quantitative estimate of drug-likeness (QED) is 0.792. The van der Waals surface area contributed by atoms with Crippen LogP contribution in [0.1, 0.15) is 40.9 Å². The van der Waals surface area contributed by atoms with E-state index >= 15 is 0 Å². The second kappa shape index (κ2) is 9.60. The molecular weight excluding hydrogens is 412 g/mol. The van der Waals surface area contributed by atoms with E-state index in [0.717, 1.165) is 10.4 Å². The Labute approximate surface area is 186 Å².